The van der Waals surface area contributed by atoms with Gasteiger partial charge in [0.15, 0.2) is 11.6 Å². The summed E-state index contributed by atoms with van der Waals surface area (Å²) < 4.78 is 65.8. The molecule has 0 saturated carbocycles. The molecule has 3 aromatic carbocycles. The van der Waals surface area contributed by atoms with Crippen molar-refractivity contribution in [2.24, 2.45) is 5.92 Å². The SMILES string of the molecule is CCCCCC1COC(OC(=O)c2ccc(-c3ccc(-c4ccc(OCCCC)c(F)c4F)cc3)c(F)c2)OC1. The number of rotatable bonds is 12. The lowest BCUT2D eigenvalue weighted by Crippen LogP contribution is -2.35. The zero-order valence-electron chi connectivity index (χ0n) is 22.9. The highest BCUT2D eigenvalue weighted by Crippen LogP contribution is 2.32. The Labute approximate surface area is 233 Å². The number of hydrogen-bond acceptors (Lipinski definition) is 5. The number of esters is 1. The Morgan fingerprint density at radius 2 is 1.48 bits per heavy atom. The van der Waals surface area contributed by atoms with Crippen LogP contribution in [0.25, 0.3) is 22.3 Å². The Kier molecular flexibility index (Phi) is 10.6. The van der Waals surface area contributed by atoms with E-state index in [0.717, 1.165) is 44.6 Å². The quantitative estimate of drug-likeness (QED) is 0.166. The monoisotopic (exact) mass is 556 g/mol. The average molecular weight is 557 g/mol. The van der Waals surface area contributed by atoms with Crippen molar-refractivity contribution in [3.8, 4) is 28.0 Å². The first-order valence-electron chi connectivity index (χ1n) is 13.9. The van der Waals surface area contributed by atoms with Crippen LogP contribution in [0, 0.1) is 23.4 Å². The summed E-state index contributed by atoms with van der Waals surface area (Å²) in [5.74, 6) is -3.29. The van der Waals surface area contributed by atoms with Crippen LogP contribution in [-0.4, -0.2) is 32.3 Å². The van der Waals surface area contributed by atoms with Crippen molar-refractivity contribution in [3.05, 3.63) is 77.6 Å². The number of carbonyl (C=O) groups is 1. The second-order valence-corrected chi connectivity index (χ2v) is 9.94. The van der Waals surface area contributed by atoms with Gasteiger partial charge in [0.25, 0.3) is 0 Å². The van der Waals surface area contributed by atoms with E-state index in [2.05, 4.69) is 6.92 Å². The van der Waals surface area contributed by atoms with Crippen molar-refractivity contribution in [1.82, 2.24) is 0 Å². The fourth-order valence-corrected chi connectivity index (χ4v) is 4.50. The van der Waals surface area contributed by atoms with E-state index in [4.69, 9.17) is 18.9 Å². The third-order valence-electron chi connectivity index (χ3n) is 6.87. The number of benzene rings is 3. The molecule has 1 aliphatic heterocycles. The van der Waals surface area contributed by atoms with Gasteiger partial charge >= 0.3 is 12.4 Å². The summed E-state index contributed by atoms with van der Waals surface area (Å²) in [6.07, 6.45) is 6.01. The fraction of sp³-hybridized carbons (Fsp3) is 0.406. The van der Waals surface area contributed by atoms with Gasteiger partial charge in [-0.15, -0.1) is 0 Å². The predicted molar refractivity (Wildman–Crippen MR) is 146 cm³/mol. The van der Waals surface area contributed by atoms with E-state index in [1.54, 1.807) is 24.3 Å². The van der Waals surface area contributed by atoms with Crippen molar-refractivity contribution in [3.63, 3.8) is 0 Å². The zero-order valence-corrected chi connectivity index (χ0v) is 22.9. The molecule has 0 aliphatic carbocycles. The molecule has 0 atom stereocenters. The first kappa shape index (κ1) is 29.6. The Bertz CT molecular complexity index is 1270. The third kappa shape index (κ3) is 7.43. The lowest BCUT2D eigenvalue weighted by atomic mass is 9.98. The van der Waals surface area contributed by atoms with Crippen LogP contribution in [0.4, 0.5) is 13.2 Å². The summed E-state index contributed by atoms with van der Waals surface area (Å²) in [5.41, 5.74) is 1.28. The van der Waals surface area contributed by atoms with Gasteiger partial charge in [0.2, 0.25) is 5.82 Å². The molecule has 0 aromatic heterocycles. The first-order chi connectivity index (χ1) is 19.4. The molecule has 0 amide bonds. The van der Waals surface area contributed by atoms with Gasteiger partial charge < -0.3 is 18.9 Å². The van der Waals surface area contributed by atoms with E-state index in [1.807, 2.05) is 6.92 Å². The Hall–Kier alpha value is -3.36. The number of carbonyl (C=O) groups excluding carboxylic acids is 1. The van der Waals surface area contributed by atoms with Gasteiger partial charge in [0, 0.05) is 17.0 Å². The molecule has 1 fully saturated rings. The molecule has 40 heavy (non-hydrogen) atoms. The maximum Gasteiger partial charge on any atom is 0.342 e. The standard InChI is InChI=1S/C32H35F3O5/c1-3-5-7-8-21-19-38-32(39-20-21)40-31(36)24-13-14-25(27(33)18-24)22-9-11-23(12-10-22)26-15-16-28(30(35)29(26)34)37-17-6-4-2/h9-16,18,21,32H,3-8,17,19-20H2,1-2H3. The number of ether oxygens (including phenoxy) is 4. The smallest absolute Gasteiger partial charge is 0.342 e. The van der Waals surface area contributed by atoms with Gasteiger partial charge in [-0.05, 0) is 48.2 Å². The fourth-order valence-electron chi connectivity index (χ4n) is 4.50. The molecule has 214 valence electrons. The molecule has 0 N–H and O–H groups in total. The molecule has 0 spiro atoms. The van der Waals surface area contributed by atoms with Crippen molar-refractivity contribution >= 4 is 5.97 Å². The summed E-state index contributed by atoms with van der Waals surface area (Å²) in [6.45, 7) is 4.20. The Morgan fingerprint density at radius 3 is 2.12 bits per heavy atom. The van der Waals surface area contributed by atoms with Gasteiger partial charge in [0.1, 0.15) is 5.82 Å². The van der Waals surface area contributed by atoms with Gasteiger partial charge in [-0.1, -0.05) is 69.9 Å². The largest absolute Gasteiger partial charge is 0.490 e. The van der Waals surface area contributed by atoms with E-state index in [9.17, 15) is 18.0 Å². The second kappa shape index (κ2) is 14.3. The molecule has 1 aliphatic rings. The summed E-state index contributed by atoms with van der Waals surface area (Å²) in [4.78, 5) is 12.5. The van der Waals surface area contributed by atoms with Crippen LogP contribution < -0.4 is 4.74 Å². The summed E-state index contributed by atoms with van der Waals surface area (Å²) >= 11 is 0. The van der Waals surface area contributed by atoms with E-state index >= 15 is 0 Å². The van der Waals surface area contributed by atoms with E-state index in [1.165, 1.54) is 24.3 Å². The van der Waals surface area contributed by atoms with Crippen LogP contribution in [0.3, 0.4) is 0 Å². The second-order valence-electron chi connectivity index (χ2n) is 9.94. The topological polar surface area (TPSA) is 54.0 Å². The summed E-state index contributed by atoms with van der Waals surface area (Å²) in [7, 11) is 0. The van der Waals surface area contributed by atoms with Crippen LogP contribution in [0.1, 0.15) is 62.7 Å². The van der Waals surface area contributed by atoms with Gasteiger partial charge in [0.05, 0.1) is 25.4 Å². The Morgan fingerprint density at radius 1 is 0.825 bits per heavy atom. The minimum atomic E-state index is -1.12. The van der Waals surface area contributed by atoms with E-state index in [0.29, 0.717) is 30.9 Å². The van der Waals surface area contributed by atoms with Gasteiger partial charge in [-0.2, -0.15) is 4.39 Å². The number of halogens is 3. The van der Waals surface area contributed by atoms with Crippen LogP contribution in [0.2, 0.25) is 0 Å². The molecule has 5 nitrogen and oxygen atoms in total. The van der Waals surface area contributed by atoms with E-state index in [-0.39, 0.29) is 28.4 Å². The molecule has 4 rings (SSSR count). The molecular formula is C32H35F3O5. The average Bonchev–Trinajstić information content (AvgIpc) is 2.96. The molecule has 1 saturated heterocycles. The molecule has 1 heterocycles. The predicted octanol–water partition coefficient (Wildman–Crippen LogP) is 8.30. The maximum atomic E-state index is 15.0. The normalized spacial score (nSPS) is 17.0. The molecule has 3 aromatic rings. The number of hydrogen-bond donors (Lipinski definition) is 0. The first-order valence-corrected chi connectivity index (χ1v) is 13.9. The molecule has 0 unspecified atom stereocenters. The molecule has 0 radical (unpaired) electrons. The van der Waals surface area contributed by atoms with Crippen LogP contribution in [-0.2, 0) is 14.2 Å². The van der Waals surface area contributed by atoms with Gasteiger partial charge in [-0.25, -0.2) is 13.6 Å². The summed E-state index contributed by atoms with van der Waals surface area (Å²) in [5, 5.41) is 0. The minimum absolute atomic E-state index is 0.0222. The van der Waals surface area contributed by atoms with Crippen molar-refractivity contribution < 1.29 is 36.9 Å². The molecular weight excluding hydrogens is 521 g/mol. The highest BCUT2D eigenvalue weighted by Gasteiger charge is 2.26. The highest BCUT2D eigenvalue weighted by molar-refractivity contribution is 5.90. The number of unbranched alkanes of at least 4 members (excludes halogenated alkanes) is 3. The van der Waals surface area contributed by atoms with Crippen molar-refractivity contribution in [1.29, 1.82) is 0 Å². The lowest BCUT2D eigenvalue weighted by molar-refractivity contribution is -0.299. The molecule has 0 bridgehead atoms. The van der Waals surface area contributed by atoms with Crippen molar-refractivity contribution in [2.45, 2.75) is 58.8 Å². The Balaban J connectivity index is 1.38. The zero-order chi connectivity index (χ0) is 28.5. The van der Waals surface area contributed by atoms with Gasteiger partial charge in [-0.3, -0.25) is 0 Å². The lowest BCUT2D eigenvalue weighted by Gasteiger charge is -2.28. The van der Waals surface area contributed by atoms with Crippen LogP contribution in [0.15, 0.2) is 54.6 Å². The van der Waals surface area contributed by atoms with E-state index < -0.39 is 29.9 Å². The summed E-state index contributed by atoms with van der Waals surface area (Å²) in [6, 6.07) is 13.3. The third-order valence-corrected chi connectivity index (χ3v) is 6.87. The maximum absolute atomic E-state index is 15.0. The van der Waals surface area contributed by atoms with Crippen LogP contribution in [0.5, 0.6) is 5.75 Å². The van der Waals surface area contributed by atoms with Crippen LogP contribution >= 0.6 is 0 Å². The highest BCUT2D eigenvalue weighted by atomic mass is 19.2. The minimum Gasteiger partial charge on any atom is -0.490 e. The van der Waals surface area contributed by atoms with Crippen molar-refractivity contribution in [2.75, 3.05) is 19.8 Å². The molecule has 8 heteroatoms.